The van der Waals surface area contributed by atoms with Crippen LogP contribution in [-0.4, -0.2) is 108 Å². The van der Waals surface area contributed by atoms with Crippen LogP contribution in [0, 0.1) is 0 Å². The lowest BCUT2D eigenvalue weighted by Gasteiger charge is -2.21. The number of fused-ring (bicyclic) bond motifs is 2. The zero-order chi connectivity index (χ0) is 51.2. The van der Waals surface area contributed by atoms with E-state index in [-0.39, 0.29) is 54.7 Å². The van der Waals surface area contributed by atoms with Crippen LogP contribution in [0.15, 0.2) is 139 Å². The number of halogens is 1. The molecule has 2 saturated carbocycles. The summed E-state index contributed by atoms with van der Waals surface area (Å²) in [5, 5.41) is 31.2. The Kier molecular flexibility index (Phi) is 16.5. The smallest absolute Gasteiger partial charge is 0.423 e. The molecule has 2 aliphatic rings. The number of amides is 4. The highest BCUT2D eigenvalue weighted by Gasteiger charge is 2.36. The Morgan fingerprint density at radius 1 is 0.575 bits per heavy atom. The molecule has 0 bridgehead atoms. The molecule has 2 fully saturated rings. The second-order valence-electron chi connectivity index (χ2n) is 17.0. The maximum atomic E-state index is 13.6. The Morgan fingerprint density at radius 2 is 1.00 bits per heavy atom. The van der Waals surface area contributed by atoms with Crippen LogP contribution in [-0.2, 0) is 0 Å². The molecule has 6 aromatic heterocycles. The van der Waals surface area contributed by atoms with Gasteiger partial charge in [-0.3, -0.25) is 38.6 Å². The monoisotopic (exact) mass is 1050 g/mol. The number of rotatable bonds is 12. The lowest BCUT2D eigenvalue weighted by Crippen LogP contribution is -2.33. The largest absolute Gasteiger partial charge is 0.488 e. The van der Waals surface area contributed by atoms with Crippen LogP contribution in [0.4, 0.5) is 11.6 Å². The first-order valence-corrected chi connectivity index (χ1v) is 23.7. The maximum Gasteiger partial charge on any atom is 0.488 e. The fraction of sp³-hybridized carbons (Fsp3) is 0.208. The summed E-state index contributed by atoms with van der Waals surface area (Å²) in [5.74, 6) is 0.422. The summed E-state index contributed by atoms with van der Waals surface area (Å²) in [7, 11) is 1.65. The molecule has 0 spiro atoms. The number of nitrogens with one attached hydrogen (secondary N) is 2. The Balaban J connectivity index is 0.000000175. The summed E-state index contributed by atoms with van der Waals surface area (Å²) in [6.45, 7) is 2.99. The molecule has 0 atom stereocenters. The first kappa shape index (κ1) is 52.6. The van der Waals surface area contributed by atoms with Crippen LogP contribution < -0.4 is 25.9 Å². The maximum absolute atomic E-state index is 13.6. The van der Waals surface area contributed by atoms with Crippen LogP contribution >= 0.6 is 15.9 Å². The van der Waals surface area contributed by atoms with Crippen molar-refractivity contribution in [2.75, 3.05) is 23.9 Å². The molecular formula is C53H52BBrN10O8. The molecule has 4 N–H and O–H groups in total. The van der Waals surface area contributed by atoms with Gasteiger partial charge >= 0.3 is 7.12 Å². The van der Waals surface area contributed by atoms with E-state index in [9.17, 15) is 28.8 Å². The number of carbonyl (C=O) groups is 6. The molecule has 18 nitrogen and oxygen atoms in total. The molecule has 0 saturated heterocycles. The van der Waals surface area contributed by atoms with Crippen LogP contribution in [0.2, 0.25) is 0 Å². The molecule has 0 aliphatic heterocycles. The zero-order valence-corrected chi connectivity index (χ0v) is 41.1. The molecule has 20 heteroatoms. The van der Waals surface area contributed by atoms with Crippen LogP contribution in [0.5, 0.6) is 0 Å². The molecule has 4 amide bonds. The first-order valence-electron chi connectivity index (χ1n) is 22.9. The van der Waals surface area contributed by atoms with Gasteiger partial charge in [0.1, 0.15) is 11.6 Å². The highest BCUT2D eigenvalue weighted by molar-refractivity contribution is 9.10. The predicted octanol–water partition coefficient (Wildman–Crippen LogP) is 6.63. The summed E-state index contributed by atoms with van der Waals surface area (Å²) in [5.41, 5.74) is 6.97. The van der Waals surface area contributed by atoms with Gasteiger partial charge in [0.05, 0.1) is 27.9 Å². The molecule has 0 unspecified atom stereocenters. The van der Waals surface area contributed by atoms with Gasteiger partial charge in [0, 0.05) is 89.9 Å². The minimum atomic E-state index is -1.49. The van der Waals surface area contributed by atoms with Gasteiger partial charge in [0.2, 0.25) is 0 Å². The van der Waals surface area contributed by atoms with Crippen LogP contribution in [0.25, 0.3) is 22.2 Å². The lowest BCUT2D eigenvalue weighted by atomic mass is 9.80. The van der Waals surface area contributed by atoms with E-state index in [1.54, 1.807) is 99.2 Å². The number of anilines is 2. The van der Waals surface area contributed by atoms with E-state index in [1.807, 2.05) is 24.3 Å². The van der Waals surface area contributed by atoms with Crippen molar-refractivity contribution in [1.82, 2.24) is 39.8 Å². The van der Waals surface area contributed by atoms with Crippen molar-refractivity contribution in [1.29, 1.82) is 0 Å². The van der Waals surface area contributed by atoms with E-state index in [0.29, 0.717) is 50.5 Å². The number of benzene rings is 2. The van der Waals surface area contributed by atoms with Gasteiger partial charge in [0.25, 0.3) is 23.6 Å². The van der Waals surface area contributed by atoms with Crippen molar-refractivity contribution >= 4 is 86.4 Å². The van der Waals surface area contributed by atoms with Crippen molar-refractivity contribution in [3.05, 3.63) is 172 Å². The van der Waals surface area contributed by atoms with Gasteiger partial charge in [-0.1, -0.05) is 31.7 Å². The van der Waals surface area contributed by atoms with Gasteiger partial charge in [-0.15, -0.1) is 0 Å². The Hall–Kier alpha value is -8.20. The fourth-order valence-corrected chi connectivity index (χ4v) is 8.04. The van der Waals surface area contributed by atoms with E-state index in [4.69, 9.17) is 10.0 Å². The van der Waals surface area contributed by atoms with E-state index >= 15 is 0 Å². The SMILES string of the molecule is C.CC(=O)c1ccc(N(C(=O)c2ccn3ncc(Br)c3c2)C2CC2)nc1.CNC(=O)c1ccc(-c2cnn3ccc(C(=O)N(c4ccc(C(C)=O)cn4)C4CC4)cc23)cc1.CNC(=O)c1ccc(B(O)O)cc1. The molecule has 2 aromatic carbocycles. The summed E-state index contributed by atoms with van der Waals surface area (Å²) in [4.78, 5) is 84.7. The summed E-state index contributed by atoms with van der Waals surface area (Å²) in [6, 6.07) is 27.6. The van der Waals surface area contributed by atoms with E-state index < -0.39 is 7.12 Å². The number of hydrogen-bond donors (Lipinski definition) is 4. The summed E-state index contributed by atoms with van der Waals surface area (Å²) in [6.07, 6.45) is 13.8. The molecular weight excluding hydrogens is 995 g/mol. The number of nitrogens with zero attached hydrogens (tertiary/aromatic N) is 8. The highest BCUT2D eigenvalue weighted by atomic mass is 79.9. The topological polar surface area (TPSA) is 234 Å². The van der Waals surface area contributed by atoms with Gasteiger partial charge in [-0.25, -0.2) is 19.0 Å². The Labute approximate surface area is 429 Å². The second-order valence-corrected chi connectivity index (χ2v) is 17.9. The van der Waals surface area contributed by atoms with Gasteiger partial charge in [0.15, 0.2) is 11.6 Å². The standard InChI is InChI=1S/C26H23N5O3.C18H15BrN4O2.C8H10BNO3.CH4/c1-16(32)20-7-10-24(28-14-20)31(21-8-9-21)26(34)19-11-12-30-23(13-19)22(15-29-30)17-3-5-18(6-4-17)25(33)27-2;1-11(24)13-2-5-17(20-9-13)23(14-3-4-14)18(25)12-6-7-22-16(8-12)15(19)10-21-22;1-10-8(11)6-2-4-7(5-3-6)9(12)13;/h3-7,10-15,21H,8-9H2,1-2H3,(H,27,33);2,5-10,14H,3-4H2,1H3;2-5,12-13H,1H3,(H,10,11);1H4. The van der Waals surface area contributed by atoms with Crippen molar-refractivity contribution < 1.29 is 38.8 Å². The third-order valence-corrected chi connectivity index (χ3v) is 12.5. The van der Waals surface area contributed by atoms with Gasteiger partial charge in [-0.2, -0.15) is 10.2 Å². The number of hydrogen-bond acceptors (Lipinski definition) is 12. The normalized spacial score (nSPS) is 12.5. The van der Waals surface area contributed by atoms with E-state index in [2.05, 4.69) is 46.7 Å². The molecule has 2 aliphatic carbocycles. The minimum absolute atomic E-state index is 0. The fourth-order valence-electron chi connectivity index (χ4n) is 7.65. The van der Waals surface area contributed by atoms with Crippen molar-refractivity contribution in [3.8, 4) is 11.1 Å². The van der Waals surface area contributed by atoms with Crippen molar-refractivity contribution in [2.24, 2.45) is 0 Å². The summed E-state index contributed by atoms with van der Waals surface area (Å²) < 4.78 is 4.27. The Morgan fingerprint density at radius 3 is 1.41 bits per heavy atom. The predicted molar refractivity (Wildman–Crippen MR) is 281 cm³/mol. The van der Waals surface area contributed by atoms with Gasteiger partial charge < -0.3 is 20.7 Å². The number of aromatic nitrogens is 6. The Bertz CT molecular complexity index is 3320. The third kappa shape index (κ3) is 12.1. The molecule has 372 valence electrons. The van der Waals surface area contributed by atoms with Gasteiger partial charge in [-0.05, 0) is 139 Å². The molecule has 0 radical (unpaired) electrons. The average molecular weight is 1050 g/mol. The second kappa shape index (κ2) is 22.9. The van der Waals surface area contributed by atoms with E-state index in [0.717, 1.165) is 52.3 Å². The number of ketones is 2. The quantitative estimate of drug-likeness (QED) is 0.0746. The zero-order valence-electron chi connectivity index (χ0n) is 39.6. The number of Topliss-reactive ketones (excluding diaryl/α,β-unsaturated/α-hetero) is 2. The third-order valence-electron chi connectivity index (χ3n) is 11.9. The molecule has 6 heterocycles. The molecule has 10 rings (SSSR count). The van der Waals surface area contributed by atoms with Crippen LogP contribution in [0.1, 0.15) is 109 Å². The average Bonchev–Trinajstić information content (AvgIpc) is 4.35. The minimum Gasteiger partial charge on any atom is -0.423 e. The molecule has 73 heavy (non-hydrogen) atoms. The molecule has 8 aromatic rings. The first-order chi connectivity index (χ1) is 34.6. The van der Waals surface area contributed by atoms with Crippen molar-refractivity contribution in [2.45, 2.75) is 59.0 Å². The van der Waals surface area contributed by atoms with Crippen LogP contribution in [0.3, 0.4) is 0 Å². The summed E-state index contributed by atoms with van der Waals surface area (Å²) >= 11 is 3.44. The lowest BCUT2D eigenvalue weighted by molar-refractivity contribution is 0.0955. The van der Waals surface area contributed by atoms with Crippen molar-refractivity contribution in [3.63, 3.8) is 0 Å². The number of carbonyl (C=O) groups excluding carboxylic acids is 6. The van der Waals surface area contributed by atoms with E-state index in [1.165, 1.54) is 57.6 Å². The highest BCUT2D eigenvalue weighted by Crippen LogP contribution is 2.34. The number of pyridine rings is 4.